The number of sulfonamides is 1. The van der Waals surface area contributed by atoms with Crippen molar-refractivity contribution in [3.8, 4) is 0 Å². The highest BCUT2D eigenvalue weighted by Gasteiger charge is 2.31. The summed E-state index contributed by atoms with van der Waals surface area (Å²) in [5.74, 6) is 0. The molecule has 6 heteroatoms. The zero-order valence-corrected chi connectivity index (χ0v) is 11.4. The van der Waals surface area contributed by atoms with Crippen LogP contribution in [-0.4, -0.2) is 56.5 Å². The molecule has 5 nitrogen and oxygen atoms in total. The molecule has 1 aliphatic rings. The fourth-order valence-electron chi connectivity index (χ4n) is 2.26. The van der Waals surface area contributed by atoms with E-state index in [0.29, 0.717) is 0 Å². The lowest BCUT2D eigenvalue weighted by Gasteiger charge is -2.28. The smallest absolute Gasteiger partial charge is 0.216 e. The average Bonchev–Trinajstić information content (AvgIpc) is 2.30. The van der Waals surface area contributed by atoms with Gasteiger partial charge in [-0.25, -0.2) is 12.7 Å². The van der Waals surface area contributed by atoms with Crippen molar-refractivity contribution in [1.82, 2.24) is 4.31 Å². The zero-order valence-electron chi connectivity index (χ0n) is 10.6. The van der Waals surface area contributed by atoms with Crippen molar-refractivity contribution in [1.29, 1.82) is 0 Å². The van der Waals surface area contributed by atoms with Gasteiger partial charge in [-0.1, -0.05) is 19.3 Å². The lowest BCUT2D eigenvalue weighted by Crippen LogP contribution is -2.42. The Morgan fingerprint density at radius 1 is 1.35 bits per heavy atom. The molecule has 1 rings (SSSR count). The first-order valence-electron chi connectivity index (χ1n) is 6.10. The molecule has 0 aliphatic heterocycles. The number of ether oxygens (including phenoxy) is 1. The van der Waals surface area contributed by atoms with Crippen LogP contribution in [0.4, 0.5) is 0 Å². The van der Waals surface area contributed by atoms with E-state index in [4.69, 9.17) is 4.74 Å². The van der Waals surface area contributed by atoms with Crippen molar-refractivity contribution in [2.75, 3.05) is 27.3 Å². The fraction of sp³-hybridized carbons (Fsp3) is 1.00. The zero-order chi connectivity index (χ0) is 12.9. The van der Waals surface area contributed by atoms with Crippen LogP contribution in [0.5, 0.6) is 0 Å². The topological polar surface area (TPSA) is 66.8 Å². The first-order chi connectivity index (χ1) is 7.98. The second kappa shape index (κ2) is 6.68. The standard InChI is InChI=1S/C11H23NO4S/c1-12(8-10(13)9-16-2)17(14,15)11-6-4-3-5-7-11/h10-11,13H,3-9H2,1-2H3. The molecule has 1 fully saturated rings. The maximum atomic E-state index is 12.2. The largest absolute Gasteiger partial charge is 0.389 e. The molecule has 1 N–H and O–H groups in total. The monoisotopic (exact) mass is 265 g/mol. The maximum Gasteiger partial charge on any atom is 0.216 e. The summed E-state index contributed by atoms with van der Waals surface area (Å²) >= 11 is 0. The van der Waals surface area contributed by atoms with E-state index in [0.717, 1.165) is 32.1 Å². The first kappa shape index (κ1) is 14.9. The fourth-order valence-corrected chi connectivity index (χ4v) is 4.08. The Labute approximate surface area is 104 Å². The van der Waals surface area contributed by atoms with Gasteiger partial charge in [-0.15, -0.1) is 0 Å². The van der Waals surface area contributed by atoms with Crippen LogP contribution >= 0.6 is 0 Å². The normalized spacial score (nSPS) is 20.7. The predicted octanol–water partition coefficient (Wildman–Crippen LogP) is 0.588. The Morgan fingerprint density at radius 3 is 2.47 bits per heavy atom. The molecule has 1 unspecified atom stereocenters. The van der Waals surface area contributed by atoms with E-state index < -0.39 is 16.1 Å². The summed E-state index contributed by atoms with van der Waals surface area (Å²) in [6.45, 7) is 0.261. The van der Waals surface area contributed by atoms with Crippen LogP contribution in [0, 0.1) is 0 Å². The highest BCUT2D eigenvalue weighted by Crippen LogP contribution is 2.25. The van der Waals surface area contributed by atoms with Crippen LogP contribution in [0.25, 0.3) is 0 Å². The minimum absolute atomic E-state index is 0.104. The summed E-state index contributed by atoms with van der Waals surface area (Å²) in [5, 5.41) is 9.28. The van der Waals surface area contributed by atoms with Crippen molar-refractivity contribution in [3.63, 3.8) is 0 Å². The quantitative estimate of drug-likeness (QED) is 0.763. The van der Waals surface area contributed by atoms with Crippen LogP contribution in [0.2, 0.25) is 0 Å². The van der Waals surface area contributed by atoms with Crippen LogP contribution in [0.15, 0.2) is 0 Å². The number of nitrogens with zero attached hydrogens (tertiary/aromatic N) is 1. The summed E-state index contributed by atoms with van der Waals surface area (Å²) in [7, 11) is -0.242. The van der Waals surface area contributed by atoms with Gasteiger partial charge in [0.1, 0.15) is 0 Å². The molecule has 17 heavy (non-hydrogen) atoms. The minimum Gasteiger partial charge on any atom is -0.389 e. The third-order valence-electron chi connectivity index (χ3n) is 3.23. The van der Waals surface area contributed by atoms with Crippen LogP contribution in [-0.2, 0) is 14.8 Å². The molecule has 0 bridgehead atoms. The van der Waals surface area contributed by atoms with Crippen molar-refractivity contribution in [3.05, 3.63) is 0 Å². The molecule has 102 valence electrons. The third-order valence-corrected chi connectivity index (χ3v) is 5.57. The second-order valence-corrected chi connectivity index (χ2v) is 7.01. The van der Waals surface area contributed by atoms with Gasteiger partial charge in [-0.2, -0.15) is 0 Å². The molecule has 0 heterocycles. The molecule has 1 atom stereocenters. The Morgan fingerprint density at radius 2 is 1.94 bits per heavy atom. The van der Waals surface area contributed by atoms with Crippen LogP contribution in [0.3, 0.4) is 0 Å². The SMILES string of the molecule is COCC(O)CN(C)S(=O)(=O)C1CCCCC1. The molecule has 0 saturated heterocycles. The Hall–Kier alpha value is -0.170. The molecule has 1 saturated carbocycles. The lowest BCUT2D eigenvalue weighted by molar-refractivity contribution is 0.0552. The van der Waals surface area contributed by atoms with Gasteiger partial charge in [0.15, 0.2) is 0 Å². The van der Waals surface area contributed by atoms with Crippen molar-refractivity contribution in [2.45, 2.75) is 43.5 Å². The first-order valence-corrected chi connectivity index (χ1v) is 7.61. The van der Waals surface area contributed by atoms with Gasteiger partial charge in [0, 0.05) is 20.7 Å². The highest BCUT2D eigenvalue weighted by atomic mass is 32.2. The predicted molar refractivity (Wildman–Crippen MR) is 66.3 cm³/mol. The van der Waals surface area contributed by atoms with E-state index in [1.165, 1.54) is 18.5 Å². The van der Waals surface area contributed by atoms with E-state index in [2.05, 4.69) is 0 Å². The Kier molecular flexibility index (Phi) is 5.85. The Bertz CT molecular complexity index is 311. The average molecular weight is 265 g/mol. The molecule has 1 aliphatic carbocycles. The van der Waals surface area contributed by atoms with E-state index in [9.17, 15) is 13.5 Å². The van der Waals surface area contributed by atoms with Crippen molar-refractivity contribution < 1.29 is 18.3 Å². The summed E-state index contributed by atoms with van der Waals surface area (Å²) in [4.78, 5) is 0. The molecule has 0 amide bonds. The van der Waals surface area contributed by atoms with E-state index in [1.807, 2.05) is 0 Å². The molecule has 0 spiro atoms. The van der Waals surface area contributed by atoms with Gasteiger partial charge in [0.05, 0.1) is 18.0 Å². The third kappa shape index (κ3) is 4.21. The highest BCUT2D eigenvalue weighted by molar-refractivity contribution is 7.89. The van der Waals surface area contributed by atoms with E-state index in [1.54, 1.807) is 0 Å². The lowest BCUT2D eigenvalue weighted by atomic mass is 10.0. The molecule has 0 radical (unpaired) electrons. The summed E-state index contributed by atoms with van der Waals surface area (Å²) in [6, 6.07) is 0. The number of rotatable bonds is 6. The van der Waals surface area contributed by atoms with E-state index in [-0.39, 0.29) is 18.4 Å². The van der Waals surface area contributed by atoms with Gasteiger partial charge in [-0.05, 0) is 12.8 Å². The molecule has 0 aromatic carbocycles. The summed E-state index contributed by atoms with van der Waals surface area (Å²) in [5.41, 5.74) is 0. The second-order valence-electron chi connectivity index (χ2n) is 4.69. The van der Waals surface area contributed by atoms with Crippen LogP contribution in [0.1, 0.15) is 32.1 Å². The van der Waals surface area contributed by atoms with Gasteiger partial charge >= 0.3 is 0 Å². The van der Waals surface area contributed by atoms with Crippen molar-refractivity contribution in [2.24, 2.45) is 0 Å². The van der Waals surface area contributed by atoms with Gasteiger partial charge in [0.2, 0.25) is 10.0 Å². The molecule has 0 aromatic heterocycles. The van der Waals surface area contributed by atoms with Crippen LogP contribution < -0.4 is 0 Å². The van der Waals surface area contributed by atoms with Crippen molar-refractivity contribution >= 4 is 10.0 Å². The molecule has 0 aromatic rings. The number of methoxy groups -OCH3 is 1. The van der Waals surface area contributed by atoms with E-state index >= 15 is 0 Å². The number of likely N-dealkylation sites (N-methyl/N-ethyl adjacent to an activating group) is 1. The maximum absolute atomic E-state index is 12.2. The van der Waals surface area contributed by atoms with Gasteiger partial charge in [-0.3, -0.25) is 0 Å². The summed E-state index contributed by atoms with van der Waals surface area (Å²) < 4.78 is 30.5. The molecular formula is C11H23NO4S. The molecular weight excluding hydrogens is 242 g/mol. The van der Waals surface area contributed by atoms with Gasteiger partial charge in [0.25, 0.3) is 0 Å². The Balaban J connectivity index is 2.56. The number of hydrogen-bond acceptors (Lipinski definition) is 4. The van der Waals surface area contributed by atoms with Gasteiger partial charge < -0.3 is 9.84 Å². The minimum atomic E-state index is -3.26. The summed E-state index contributed by atoms with van der Waals surface area (Å²) in [6.07, 6.45) is 3.82. The number of hydrogen-bond donors (Lipinski definition) is 1. The number of aliphatic hydroxyl groups is 1. The number of aliphatic hydroxyl groups excluding tert-OH is 1.